The van der Waals surface area contributed by atoms with Gasteiger partial charge in [0.2, 0.25) is 0 Å². The predicted octanol–water partition coefficient (Wildman–Crippen LogP) is -0.0175. The van der Waals surface area contributed by atoms with Gasteiger partial charge >= 0.3 is 11.9 Å². The second-order valence-electron chi connectivity index (χ2n) is 4.93. The first-order valence-electron chi connectivity index (χ1n) is 6.72. The van der Waals surface area contributed by atoms with Gasteiger partial charge in [0.15, 0.2) is 24.8 Å². The van der Waals surface area contributed by atoms with Crippen molar-refractivity contribution < 1.29 is 38.0 Å². The van der Waals surface area contributed by atoms with Crippen LogP contribution in [0.3, 0.4) is 0 Å². The molecule has 2 aliphatic rings. The minimum atomic E-state index is -0.900. The van der Waals surface area contributed by atoms with E-state index in [1.54, 1.807) is 6.92 Å². The molecule has 0 N–H and O–H groups in total. The highest BCUT2D eigenvalue weighted by Gasteiger charge is 2.53. The molecule has 21 heavy (non-hydrogen) atoms. The van der Waals surface area contributed by atoms with Crippen LogP contribution in [-0.4, -0.2) is 62.7 Å². The van der Waals surface area contributed by atoms with E-state index in [-0.39, 0.29) is 6.61 Å². The van der Waals surface area contributed by atoms with Gasteiger partial charge in [0.1, 0.15) is 12.2 Å². The molecule has 0 aromatic carbocycles. The van der Waals surface area contributed by atoms with E-state index in [4.69, 9.17) is 28.4 Å². The summed E-state index contributed by atoms with van der Waals surface area (Å²) in [7, 11) is 1.42. The summed E-state index contributed by atoms with van der Waals surface area (Å²) in [5, 5.41) is 0. The molecule has 2 saturated heterocycles. The second-order valence-corrected chi connectivity index (χ2v) is 4.93. The second kappa shape index (κ2) is 6.69. The van der Waals surface area contributed by atoms with Gasteiger partial charge in [-0.05, 0) is 6.92 Å². The first kappa shape index (κ1) is 16.2. The van der Waals surface area contributed by atoms with Gasteiger partial charge in [0, 0.05) is 21.0 Å². The molecule has 0 unspecified atom stereocenters. The third-order valence-electron chi connectivity index (χ3n) is 3.27. The lowest BCUT2D eigenvalue weighted by Gasteiger charge is -2.47. The van der Waals surface area contributed by atoms with E-state index >= 15 is 0 Å². The Bertz CT molecular complexity index is 398. The standard InChI is InChI=1S/C13H20O8/c1-6(14)18-11-10-9(5-17-8(3)20-10)21-13(16-4)12(11)19-7(2)15/h8-13H,5H2,1-4H3/t8-,9-,10-,11+,12-,13+/m1/s1. The fraction of sp³-hybridized carbons (Fsp3) is 0.846. The zero-order chi connectivity index (χ0) is 15.6. The lowest BCUT2D eigenvalue weighted by atomic mass is 9.97. The zero-order valence-electron chi connectivity index (χ0n) is 12.4. The van der Waals surface area contributed by atoms with Crippen LogP contribution in [0.2, 0.25) is 0 Å². The largest absolute Gasteiger partial charge is 0.455 e. The Labute approximate surface area is 122 Å². The maximum Gasteiger partial charge on any atom is 0.303 e. The Morgan fingerprint density at radius 3 is 2.24 bits per heavy atom. The number of rotatable bonds is 3. The molecular weight excluding hydrogens is 284 g/mol. The summed E-state index contributed by atoms with van der Waals surface area (Å²) in [6.07, 6.45) is -4.11. The Morgan fingerprint density at radius 1 is 1.05 bits per heavy atom. The monoisotopic (exact) mass is 304 g/mol. The normalized spacial score (nSPS) is 39.2. The molecule has 0 radical (unpaired) electrons. The smallest absolute Gasteiger partial charge is 0.303 e. The molecule has 8 nitrogen and oxygen atoms in total. The third kappa shape index (κ3) is 3.70. The van der Waals surface area contributed by atoms with Crippen LogP contribution in [0, 0.1) is 0 Å². The first-order chi connectivity index (χ1) is 9.92. The van der Waals surface area contributed by atoms with Crippen LogP contribution in [0.25, 0.3) is 0 Å². The van der Waals surface area contributed by atoms with Crippen molar-refractivity contribution in [3.63, 3.8) is 0 Å². The van der Waals surface area contributed by atoms with Gasteiger partial charge < -0.3 is 28.4 Å². The van der Waals surface area contributed by atoms with Crippen LogP contribution in [0.4, 0.5) is 0 Å². The van der Waals surface area contributed by atoms with Gasteiger partial charge in [-0.15, -0.1) is 0 Å². The quantitative estimate of drug-likeness (QED) is 0.672. The van der Waals surface area contributed by atoms with Crippen molar-refractivity contribution in [3.05, 3.63) is 0 Å². The van der Waals surface area contributed by atoms with Crippen molar-refractivity contribution >= 4 is 11.9 Å². The lowest BCUT2D eigenvalue weighted by molar-refractivity contribution is -0.353. The number of carbonyl (C=O) groups is 2. The van der Waals surface area contributed by atoms with Crippen LogP contribution >= 0.6 is 0 Å². The molecular formula is C13H20O8. The summed E-state index contributed by atoms with van der Waals surface area (Å²) in [4.78, 5) is 22.7. The molecule has 6 atom stereocenters. The van der Waals surface area contributed by atoms with E-state index in [2.05, 4.69) is 0 Å². The number of hydrogen-bond acceptors (Lipinski definition) is 8. The van der Waals surface area contributed by atoms with Gasteiger partial charge in [-0.3, -0.25) is 9.59 Å². The maximum absolute atomic E-state index is 11.4. The van der Waals surface area contributed by atoms with Crippen molar-refractivity contribution in [1.29, 1.82) is 0 Å². The van der Waals surface area contributed by atoms with Crippen LogP contribution < -0.4 is 0 Å². The summed E-state index contributed by atoms with van der Waals surface area (Å²) < 4.78 is 32.4. The van der Waals surface area contributed by atoms with Crippen molar-refractivity contribution in [2.75, 3.05) is 13.7 Å². The molecule has 0 saturated carbocycles. The highest BCUT2D eigenvalue weighted by Crippen LogP contribution is 2.32. The Morgan fingerprint density at radius 2 is 1.67 bits per heavy atom. The first-order valence-corrected chi connectivity index (χ1v) is 6.72. The Kier molecular flexibility index (Phi) is 5.15. The minimum absolute atomic E-state index is 0.274. The molecule has 0 aromatic rings. The Balaban J connectivity index is 2.25. The molecule has 0 spiro atoms. The summed E-state index contributed by atoms with van der Waals surface area (Å²) in [6.45, 7) is 4.54. The van der Waals surface area contributed by atoms with Crippen LogP contribution in [-0.2, 0) is 38.0 Å². The summed E-state index contributed by atoms with van der Waals surface area (Å²) in [5.74, 6) is -1.03. The van der Waals surface area contributed by atoms with Gasteiger partial charge in [-0.25, -0.2) is 0 Å². The highest BCUT2D eigenvalue weighted by molar-refractivity contribution is 5.67. The molecule has 2 rings (SSSR count). The zero-order valence-corrected chi connectivity index (χ0v) is 12.4. The van der Waals surface area contributed by atoms with E-state index < -0.39 is 48.9 Å². The van der Waals surface area contributed by atoms with Gasteiger partial charge in [0.25, 0.3) is 0 Å². The molecule has 0 aliphatic carbocycles. The fourth-order valence-electron chi connectivity index (χ4n) is 2.50. The maximum atomic E-state index is 11.4. The summed E-state index contributed by atoms with van der Waals surface area (Å²) >= 11 is 0. The molecule has 0 amide bonds. The SMILES string of the molecule is CO[C@H]1O[C@@H]2CO[C@@H](C)O[C@H]2[C@H](OC(C)=O)[C@H]1OC(C)=O. The molecule has 120 valence electrons. The lowest BCUT2D eigenvalue weighted by Crippen LogP contribution is -2.64. The molecule has 2 fully saturated rings. The van der Waals surface area contributed by atoms with E-state index in [0.717, 1.165) is 0 Å². The van der Waals surface area contributed by atoms with Crippen molar-refractivity contribution in [2.45, 2.75) is 57.8 Å². The topological polar surface area (TPSA) is 89.5 Å². The van der Waals surface area contributed by atoms with Crippen LogP contribution in [0.1, 0.15) is 20.8 Å². The number of fused-ring (bicyclic) bond motifs is 1. The number of methoxy groups -OCH3 is 1. The van der Waals surface area contributed by atoms with Gasteiger partial charge in [0.05, 0.1) is 6.61 Å². The average Bonchev–Trinajstić information content (AvgIpc) is 2.40. The third-order valence-corrected chi connectivity index (χ3v) is 3.27. The van der Waals surface area contributed by atoms with Gasteiger partial charge in [-0.1, -0.05) is 0 Å². The Hall–Kier alpha value is -1.22. The predicted molar refractivity (Wildman–Crippen MR) is 67.1 cm³/mol. The minimum Gasteiger partial charge on any atom is -0.455 e. The molecule has 8 heteroatoms. The number of carbonyl (C=O) groups excluding carboxylic acids is 2. The van der Waals surface area contributed by atoms with Crippen molar-refractivity contribution in [3.8, 4) is 0 Å². The fourth-order valence-corrected chi connectivity index (χ4v) is 2.50. The van der Waals surface area contributed by atoms with Crippen molar-refractivity contribution in [2.24, 2.45) is 0 Å². The molecule has 0 bridgehead atoms. The molecule has 2 heterocycles. The molecule has 0 aromatic heterocycles. The highest BCUT2D eigenvalue weighted by atomic mass is 16.8. The van der Waals surface area contributed by atoms with E-state index in [1.807, 2.05) is 0 Å². The van der Waals surface area contributed by atoms with Gasteiger partial charge in [-0.2, -0.15) is 0 Å². The number of hydrogen-bond donors (Lipinski definition) is 0. The van der Waals surface area contributed by atoms with Crippen LogP contribution in [0.15, 0.2) is 0 Å². The van der Waals surface area contributed by atoms with E-state index in [1.165, 1.54) is 21.0 Å². The van der Waals surface area contributed by atoms with E-state index in [9.17, 15) is 9.59 Å². The summed E-state index contributed by atoms with van der Waals surface area (Å²) in [6, 6.07) is 0. The average molecular weight is 304 g/mol. The summed E-state index contributed by atoms with van der Waals surface area (Å²) in [5.41, 5.74) is 0. The molecule has 2 aliphatic heterocycles. The van der Waals surface area contributed by atoms with Crippen molar-refractivity contribution in [1.82, 2.24) is 0 Å². The number of ether oxygens (including phenoxy) is 6. The van der Waals surface area contributed by atoms with E-state index in [0.29, 0.717) is 0 Å². The number of esters is 2. The van der Waals surface area contributed by atoms with Crippen LogP contribution in [0.5, 0.6) is 0 Å².